The highest BCUT2D eigenvalue weighted by Crippen LogP contribution is 2.35. The summed E-state index contributed by atoms with van der Waals surface area (Å²) in [5, 5.41) is 0. The van der Waals surface area contributed by atoms with Crippen molar-refractivity contribution in [1.29, 1.82) is 0 Å². The van der Waals surface area contributed by atoms with Crippen LogP contribution >= 0.6 is 0 Å². The molecule has 0 N–H and O–H groups in total. The summed E-state index contributed by atoms with van der Waals surface area (Å²) in [6.45, 7) is 3.65. The fourth-order valence-electron chi connectivity index (χ4n) is 2.61. The maximum Gasteiger partial charge on any atom is 0.172 e. The predicted octanol–water partition coefficient (Wildman–Crippen LogP) is 2.23. The number of fused-ring (bicyclic) bond motifs is 1. The SMILES string of the molecule is Cc1ccc2c(c1)CCC1(C2)OCCO1. The number of hydrogen-bond donors (Lipinski definition) is 0. The monoisotopic (exact) mass is 204 g/mol. The fourth-order valence-corrected chi connectivity index (χ4v) is 2.61. The van der Waals surface area contributed by atoms with Crippen LogP contribution in [0.2, 0.25) is 0 Å². The third kappa shape index (κ3) is 1.58. The van der Waals surface area contributed by atoms with Crippen molar-refractivity contribution in [3.8, 4) is 0 Å². The summed E-state index contributed by atoms with van der Waals surface area (Å²) >= 11 is 0. The maximum absolute atomic E-state index is 5.75. The predicted molar refractivity (Wildman–Crippen MR) is 57.8 cm³/mol. The van der Waals surface area contributed by atoms with Crippen LogP contribution in [0, 0.1) is 6.92 Å². The highest BCUT2D eigenvalue weighted by Gasteiger charge is 2.39. The molecule has 1 aliphatic heterocycles. The van der Waals surface area contributed by atoms with E-state index in [0.717, 1.165) is 32.5 Å². The molecule has 1 fully saturated rings. The molecular formula is C13H16O2. The molecule has 0 bridgehead atoms. The molecule has 2 nitrogen and oxygen atoms in total. The molecule has 1 aromatic rings. The fraction of sp³-hybridized carbons (Fsp3) is 0.538. The number of aryl methyl sites for hydroxylation is 2. The van der Waals surface area contributed by atoms with Gasteiger partial charge in [0, 0.05) is 12.8 Å². The van der Waals surface area contributed by atoms with Crippen molar-refractivity contribution in [2.45, 2.75) is 32.0 Å². The van der Waals surface area contributed by atoms with E-state index in [4.69, 9.17) is 9.47 Å². The van der Waals surface area contributed by atoms with Crippen LogP contribution in [0.4, 0.5) is 0 Å². The Morgan fingerprint density at radius 3 is 2.73 bits per heavy atom. The van der Waals surface area contributed by atoms with E-state index in [1.165, 1.54) is 16.7 Å². The molecule has 2 heteroatoms. The summed E-state index contributed by atoms with van der Waals surface area (Å²) in [6, 6.07) is 6.68. The van der Waals surface area contributed by atoms with Crippen molar-refractivity contribution in [1.82, 2.24) is 0 Å². The molecule has 0 amide bonds. The maximum atomic E-state index is 5.75. The number of hydrogen-bond acceptors (Lipinski definition) is 2. The first kappa shape index (κ1) is 9.37. The van der Waals surface area contributed by atoms with Gasteiger partial charge in [-0.15, -0.1) is 0 Å². The minimum Gasteiger partial charge on any atom is -0.347 e. The lowest BCUT2D eigenvalue weighted by Gasteiger charge is -2.32. The highest BCUT2D eigenvalue weighted by atomic mass is 16.7. The topological polar surface area (TPSA) is 18.5 Å². The zero-order chi connectivity index (χ0) is 10.3. The summed E-state index contributed by atoms with van der Waals surface area (Å²) in [7, 11) is 0. The second kappa shape index (κ2) is 3.32. The van der Waals surface area contributed by atoms with Gasteiger partial charge in [0.1, 0.15) is 0 Å². The normalized spacial score (nSPS) is 23.0. The van der Waals surface area contributed by atoms with Crippen LogP contribution in [-0.4, -0.2) is 19.0 Å². The molecule has 0 unspecified atom stereocenters. The lowest BCUT2D eigenvalue weighted by Crippen LogP contribution is -2.36. The van der Waals surface area contributed by atoms with E-state index in [2.05, 4.69) is 25.1 Å². The van der Waals surface area contributed by atoms with Crippen molar-refractivity contribution in [3.63, 3.8) is 0 Å². The van der Waals surface area contributed by atoms with Gasteiger partial charge in [0.2, 0.25) is 0 Å². The van der Waals surface area contributed by atoms with Gasteiger partial charge in [-0.05, 0) is 24.5 Å². The molecule has 3 rings (SSSR count). The summed E-state index contributed by atoms with van der Waals surface area (Å²) < 4.78 is 11.5. The second-order valence-corrected chi connectivity index (χ2v) is 4.56. The van der Waals surface area contributed by atoms with E-state index in [-0.39, 0.29) is 5.79 Å². The number of ether oxygens (including phenoxy) is 2. The Morgan fingerprint density at radius 2 is 1.93 bits per heavy atom. The Bertz CT molecular complexity index is 378. The first-order valence-electron chi connectivity index (χ1n) is 5.64. The van der Waals surface area contributed by atoms with Crippen LogP contribution in [0.5, 0.6) is 0 Å². The third-order valence-electron chi connectivity index (χ3n) is 3.41. The molecule has 15 heavy (non-hydrogen) atoms. The molecule has 2 aliphatic rings. The van der Waals surface area contributed by atoms with Gasteiger partial charge < -0.3 is 9.47 Å². The molecule has 1 aromatic carbocycles. The van der Waals surface area contributed by atoms with Crippen LogP contribution in [0.25, 0.3) is 0 Å². The van der Waals surface area contributed by atoms with Gasteiger partial charge in [-0.1, -0.05) is 23.8 Å². The van der Waals surface area contributed by atoms with Crippen LogP contribution < -0.4 is 0 Å². The van der Waals surface area contributed by atoms with E-state index < -0.39 is 0 Å². The molecular weight excluding hydrogens is 188 g/mol. The molecule has 0 atom stereocenters. The van der Waals surface area contributed by atoms with Gasteiger partial charge in [0.25, 0.3) is 0 Å². The van der Waals surface area contributed by atoms with E-state index in [0.29, 0.717) is 0 Å². The molecule has 1 spiro atoms. The van der Waals surface area contributed by atoms with E-state index in [1.807, 2.05) is 0 Å². The lowest BCUT2D eigenvalue weighted by molar-refractivity contribution is -0.163. The highest BCUT2D eigenvalue weighted by molar-refractivity contribution is 5.34. The van der Waals surface area contributed by atoms with Crippen LogP contribution in [0.1, 0.15) is 23.1 Å². The minimum atomic E-state index is -0.289. The zero-order valence-corrected chi connectivity index (χ0v) is 9.08. The Hall–Kier alpha value is -0.860. The molecule has 1 aliphatic carbocycles. The van der Waals surface area contributed by atoms with Gasteiger partial charge in [0.05, 0.1) is 13.2 Å². The van der Waals surface area contributed by atoms with Crippen molar-refractivity contribution in [3.05, 3.63) is 34.9 Å². The van der Waals surface area contributed by atoms with Crippen LogP contribution in [-0.2, 0) is 22.3 Å². The molecule has 1 saturated heterocycles. The van der Waals surface area contributed by atoms with Gasteiger partial charge in [-0.2, -0.15) is 0 Å². The third-order valence-corrected chi connectivity index (χ3v) is 3.41. The van der Waals surface area contributed by atoms with E-state index in [9.17, 15) is 0 Å². The largest absolute Gasteiger partial charge is 0.347 e. The zero-order valence-electron chi connectivity index (χ0n) is 9.08. The number of benzene rings is 1. The van der Waals surface area contributed by atoms with Gasteiger partial charge in [-0.3, -0.25) is 0 Å². The Kier molecular flexibility index (Phi) is 2.08. The molecule has 0 radical (unpaired) electrons. The summed E-state index contributed by atoms with van der Waals surface area (Å²) in [6.07, 6.45) is 3.00. The first-order chi connectivity index (χ1) is 7.27. The van der Waals surface area contributed by atoms with Crippen molar-refractivity contribution < 1.29 is 9.47 Å². The van der Waals surface area contributed by atoms with Gasteiger partial charge >= 0.3 is 0 Å². The number of rotatable bonds is 0. The first-order valence-corrected chi connectivity index (χ1v) is 5.64. The van der Waals surface area contributed by atoms with Crippen molar-refractivity contribution in [2.24, 2.45) is 0 Å². The average molecular weight is 204 g/mol. The van der Waals surface area contributed by atoms with Gasteiger partial charge in [0.15, 0.2) is 5.79 Å². The van der Waals surface area contributed by atoms with E-state index >= 15 is 0 Å². The van der Waals surface area contributed by atoms with E-state index in [1.54, 1.807) is 0 Å². The molecule has 0 aromatic heterocycles. The quantitative estimate of drug-likeness (QED) is 0.645. The standard InChI is InChI=1S/C13H16O2/c1-10-2-3-12-9-13(14-6-7-15-13)5-4-11(12)8-10/h2-3,8H,4-7,9H2,1H3. The van der Waals surface area contributed by atoms with Crippen LogP contribution in [0.15, 0.2) is 18.2 Å². The summed E-state index contributed by atoms with van der Waals surface area (Å²) in [4.78, 5) is 0. The lowest BCUT2D eigenvalue weighted by atomic mass is 9.86. The summed E-state index contributed by atoms with van der Waals surface area (Å²) in [5.41, 5.74) is 4.21. The smallest absolute Gasteiger partial charge is 0.172 e. The second-order valence-electron chi connectivity index (χ2n) is 4.56. The Morgan fingerprint density at radius 1 is 1.13 bits per heavy atom. The Labute approximate surface area is 90.2 Å². The molecule has 0 saturated carbocycles. The summed E-state index contributed by atoms with van der Waals surface area (Å²) in [5.74, 6) is -0.289. The average Bonchev–Trinajstić information content (AvgIpc) is 2.67. The molecule has 80 valence electrons. The van der Waals surface area contributed by atoms with Crippen molar-refractivity contribution >= 4 is 0 Å². The van der Waals surface area contributed by atoms with Gasteiger partial charge in [-0.25, -0.2) is 0 Å². The molecule has 1 heterocycles. The van der Waals surface area contributed by atoms with Crippen LogP contribution in [0.3, 0.4) is 0 Å². The Balaban J connectivity index is 1.93. The minimum absolute atomic E-state index is 0.289. The van der Waals surface area contributed by atoms with Crippen molar-refractivity contribution in [2.75, 3.05) is 13.2 Å².